The standard InChI is InChI=1S/C46H36N4OS/c1-46(2,3)30-24-25-47-44(26-30)50-38-17-6-4-14-34(38)35-23-22-33(28-42(35)50)51-32-13-10-12-31(27-32)48-29-49(40-19-8-7-18-39(40)48)41-20-11-16-37-36-15-5-9-21-43(36)52-45(37)41/h4-28H,29H2,1-3H3. The fourth-order valence-electron chi connectivity index (χ4n) is 7.70. The number of anilines is 4. The number of nitrogens with zero attached hydrogens (tertiary/aromatic N) is 4. The molecule has 252 valence electrons. The van der Waals surface area contributed by atoms with Crippen LogP contribution >= 0.6 is 11.3 Å². The average molecular weight is 693 g/mol. The average Bonchev–Trinajstić information content (AvgIpc) is 3.84. The van der Waals surface area contributed by atoms with Crippen molar-refractivity contribution in [3.05, 3.63) is 157 Å². The Bertz CT molecular complexity index is 2830. The van der Waals surface area contributed by atoms with E-state index in [2.05, 4.69) is 175 Å². The summed E-state index contributed by atoms with van der Waals surface area (Å²) in [6, 6.07) is 51.8. The second-order valence-electron chi connectivity index (χ2n) is 14.5. The second kappa shape index (κ2) is 11.7. The van der Waals surface area contributed by atoms with Crippen molar-refractivity contribution in [2.45, 2.75) is 26.2 Å². The monoisotopic (exact) mass is 692 g/mol. The number of ether oxygens (including phenoxy) is 1. The highest BCUT2D eigenvalue weighted by atomic mass is 32.1. The number of aromatic nitrogens is 2. The largest absolute Gasteiger partial charge is 0.457 e. The number of benzene rings is 6. The maximum absolute atomic E-state index is 6.67. The lowest BCUT2D eigenvalue weighted by Gasteiger charge is -2.23. The fraction of sp³-hybridized carbons (Fsp3) is 0.109. The number of pyridine rings is 1. The van der Waals surface area contributed by atoms with E-state index in [1.165, 1.54) is 53.6 Å². The van der Waals surface area contributed by atoms with Gasteiger partial charge in [-0.05, 0) is 77.7 Å². The fourth-order valence-corrected chi connectivity index (χ4v) is 8.93. The van der Waals surface area contributed by atoms with Gasteiger partial charge in [0, 0.05) is 50.3 Å². The molecule has 1 aliphatic rings. The molecule has 0 N–H and O–H groups in total. The maximum Gasteiger partial charge on any atom is 0.137 e. The van der Waals surface area contributed by atoms with E-state index in [9.17, 15) is 0 Å². The lowest BCUT2D eigenvalue weighted by molar-refractivity contribution is 0.483. The Labute approximate surface area is 306 Å². The highest BCUT2D eigenvalue weighted by molar-refractivity contribution is 7.26. The summed E-state index contributed by atoms with van der Waals surface area (Å²) in [6.45, 7) is 7.41. The Balaban J connectivity index is 1.02. The lowest BCUT2D eigenvalue weighted by atomic mass is 9.88. The summed E-state index contributed by atoms with van der Waals surface area (Å²) < 4.78 is 11.6. The van der Waals surface area contributed by atoms with Gasteiger partial charge < -0.3 is 14.5 Å². The van der Waals surface area contributed by atoms with E-state index in [1.807, 2.05) is 23.6 Å². The first kappa shape index (κ1) is 30.7. The van der Waals surface area contributed by atoms with Crippen LogP contribution in [0.4, 0.5) is 22.7 Å². The van der Waals surface area contributed by atoms with Gasteiger partial charge in [-0.3, -0.25) is 4.57 Å². The second-order valence-corrected chi connectivity index (χ2v) is 15.6. The highest BCUT2D eigenvalue weighted by Crippen LogP contribution is 2.48. The molecule has 0 atom stereocenters. The summed E-state index contributed by atoms with van der Waals surface area (Å²) in [6.07, 6.45) is 1.92. The Kier molecular flexibility index (Phi) is 6.92. The molecular formula is C46H36N4OS. The van der Waals surface area contributed by atoms with Crippen molar-refractivity contribution < 1.29 is 4.74 Å². The van der Waals surface area contributed by atoms with Crippen LogP contribution in [0, 0.1) is 0 Å². The zero-order valence-electron chi connectivity index (χ0n) is 29.2. The van der Waals surface area contributed by atoms with Gasteiger partial charge in [0.05, 0.1) is 32.8 Å². The van der Waals surface area contributed by atoms with Gasteiger partial charge in [0.2, 0.25) is 0 Å². The summed E-state index contributed by atoms with van der Waals surface area (Å²) in [7, 11) is 0. The molecule has 1 aliphatic heterocycles. The molecule has 0 spiro atoms. The third kappa shape index (κ3) is 4.94. The minimum Gasteiger partial charge on any atom is -0.457 e. The molecule has 0 saturated heterocycles. The van der Waals surface area contributed by atoms with Crippen LogP contribution in [0.5, 0.6) is 11.5 Å². The van der Waals surface area contributed by atoms with Crippen LogP contribution in [0.25, 0.3) is 47.8 Å². The lowest BCUT2D eigenvalue weighted by Crippen LogP contribution is -2.23. The molecule has 4 heterocycles. The van der Waals surface area contributed by atoms with E-state index >= 15 is 0 Å². The molecule has 0 aliphatic carbocycles. The number of fused-ring (bicyclic) bond motifs is 7. The predicted octanol–water partition coefficient (Wildman–Crippen LogP) is 12.9. The molecule has 0 fully saturated rings. The molecule has 9 aromatic rings. The van der Waals surface area contributed by atoms with Crippen molar-refractivity contribution in [3.8, 4) is 17.3 Å². The van der Waals surface area contributed by atoms with Crippen LogP contribution in [0.3, 0.4) is 0 Å². The molecule has 10 rings (SSSR count). The zero-order valence-corrected chi connectivity index (χ0v) is 30.1. The highest BCUT2D eigenvalue weighted by Gasteiger charge is 2.29. The van der Waals surface area contributed by atoms with Crippen LogP contribution in [0.2, 0.25) is 0 Å². The summed E-state index contributed by atoms with van der Waals surface area (Å²) in [5.74, 6) is 2.47. The molecule has 5 nitrogen and oxygen atoms in total. The smallest absolute Gasteiger partial charge is 0.137 e. The van der Waals surface area contributed by atoms with Crippen LogP contribution in [-0.2, 0) is 5.41 Å². The molecule has 0 radical (unpaired) electrons. The van der Waals surface area contributed by atoms with Gasteiger partial charge in [0.25, 0.3) is 0 Å². The molecule has 6 aromatic carbocycles. The van der Waals surface area contributed by atoms with E-state index in [0.717, 1.165) is 34.0 Å². The number of hydrogen-bond donors (Lipinski definition) is 0. The number of rotatable bonds is 5. The first-order chi connectivity index (χ1) is 25.4. The van der Waals surface area contributed by atoms with Gasteiger partial charge in [-0.2, -0.15) is 0 Å². The minimum absolute atomic E-state index is 0.00850. The molecule has 0 saturated carbocycles. The predicted molar refractivity (Wildman–Crippen MR) is 219 cm³/mol. The third-order valence-electron chi connectivity index (χ3n) is 10.3. The normalized spacial score (nSPS) is 13.1. The van der Waals surface area contributed by atoms with Crippen molar-refractivity contribution in [1.82, 2.24) is 9.55 Å². The molecular weight excluding hydrogens is 657 g/mol. The van der Waals surface area contributed by atoms with Crippen molar-refractivity contribution in [3.63, 3.8) is 0 Å². The van der Waals surface area contributed by atoms with Gasteiger partial charge >= 0.3 is 0 Å². The van der Waals surface area contributed by atoms with E-state index in [4.69, 9.17) is 9.72 Å². The Morgan fingerprint density at radius 1 is 0.577 bits per heavy atom. The molecule has 0 bridgehead atoms. The van der Waals surface area contributed by atoms with Crippen LogP contribution in [0.1, 0.15) is 26.3 Å². The van der Waals surface area contributed by atoms with Gasteiger partial charge in [0.1, 0.15) is 24.0 Å². The minimum atomic E-state index is 0.00850. The number of hydrogen-bond acceptors (Lipinski definition) is 5. The van der Waals surface area contributed by atoms with E-state index in [-0.39, 0.29) is 5.41 Å². The molecule has 52 heavy (non-hydrogen) atoms. The zero-order chi connectivity index (χ0) is 35.0. The third-order valence-corrected chi connectivity index (χ3v) is 11.5. The topological polar surface area (TPSA) is 33.5 Å². The van der Waals surface area contributed by atoms with Crippen molar-refractivity contribution in [1.29, 1.82) is 0 Å². The maximum atomic E-state index is 6.67. The first-order valence-electron chi connectivity index (χ1n) is 17.7. The molecule has 0 amide bonds. The molecule has 3 aromatic heterocycles. The Morgan fingerprint density at radius 2 is 1.27 bits per heavy atom. The summed E-state index contributed by atoms with van der Waals surface area (Å²) in [4.78, 5) is 9.67. The van der Waals surface area contributed by atoms with Gasteiger partial charge in [-0.25, -0.2) is 4.98 Å². The number of thiophene rings is 1. The van der Waals surface area contributed by atoms with Crippen molar-refractivity contribution in [2.75, 3.05) is 16.5 Å². The molecule has 6 heteroatoms. The van der Waals surface area contributed by atoms with E-state index in [0.29, 0.717) is 6.67 Å². The summed E-state index contributed by atoms with van der Waals surface area (Å²) in [5.41, 5.74) is 8.12. The number of para-hydroxylation sites is 3. The summed E-state index contributed by atoms with van der Waals surface area (Å²) in [5, 5.41) is 4.98. The van der Waals surface area contributed by atoms with Crippen LogP contribution < -0.4 is 14.5 Å². The van der Waals surface area contributed by atoms with Crippen molar-refractivity contribution >= 4 is 76.1 Å². The Morgan fingerprint density at radius 3 is 2.13 bits per heavy atom. The van der Waals surface area contributed by atoms with Crippen LogP contribution in [0.15, 0.2) is 152 Å². The van der Waals surface area contributed by atoms with E-state index in [1.54, 1.807) is 0 Å². The van der Waals surface area contributed by atoms with E-state index < -0.39 is 0 Å². The SMILES string of the molecule is CC(C)(C)c1ccnc(-n2c3ccccc3c3ccc(Oc4cccc(N5CN(c6cccc7c6sc6ccccc67)c6ccccc65)c4)cc32)c1. The Hall–Kier alpha value is -6.11. The quantitative estimate of drug-likeness (QED) is 0.180. The van der Waals surface area contributed by atoms with Crippen molar-refractivity contribution in [2.24, 2.45) is 0 Å². The first-order valence-corrected chi connectivity index (χ1v) is 18.5. The van der Waals surface area contributed by atoms with Gasteiger partial charge in [-0.15, -0.1) is 11.3 Å². The van der Waals surface area contributed by atoms with Gasteiger partial charge in [-0.1, -0.05) is 87.5 Å². The van der Waals surface area contributed by atoms with Crippen LogP contribution in [-0.4, -0.2) is 16.2 Å². The molecule has 0 unspecified atom stereocenters. The van der Waals surface area contributed by atoms with Gasteiger partial charge in [0.15, 0.2) is 0 Å². The summed E-state index contributed by atoms with van der Waals surface area (Å²) >= 11 is 1.87.